The van der Waals surface area contributed by atoms with Gasteiger partial charge in [0, 0.05) is 11.9 Å². The summed E-state index contributed by atoms with van der Waals surface area (Å²) in [6.45, 7) is 8.72. The van der Waals surface area contributed by atoms with Gasteiger partial charge in [0.05, 0.1) is 22.8 Å². The van der Waals surface area contributed by atoms with E-state index in [2.05, 4.69) is 36.4 Å². The molecule has 2 amide bonds. The number of aryl methyl sites for hydroxylation is 1. The van der Waals surface area contributed by atoms with Gasteiger partial charge in [-0.15, -0.1) is 11.3 Å². The molecular weight excluding hydrogens is 286 g/mol. The van der Waals surface area contributed by atoms with E-state index in [1.165, 1.54) is 0 Å². The summed E-state index contributed by atoms with van der Waals surface area (Å²) in [5.41, 5.74) is 0.0102. The summed E-state index contributed by atoms with van der Waals surface area (Å²) < 4.78 is 0. The van der Waals surface area contributed by atoms with Crippen LogP contribution in [0.5, 0.6) is 0 Å². The van der Waals surface area contributed by atoms with Crippen LogP contribution >= 0.6 is 11.3 Å². The fourth-order valence-corrected chi connectivity index (χ4v) is 2.53. The minimum atomic E-state index is -0.863. The second-order valence-electron chi connectivity index (χ2n) is 6.05. The van der Waals surface area contributed by atoms with Crippen molar-refractivity contribution in [2.24, 2.45) is 5.92 Å². The predicted octanol–water partition coefficient (Wildman–Crippen LogP) is 2.69. The van der Waals surface area contributed by atoms with Crippen molar-refractivity contribution in [3.8, 4) is 0 Å². The largest absolute Gasteiger partial charge is 0.388 e. The number of nitrogens with one attached hydrogen (secondary N) is 2. The van der Waals surface area contributed by atoms with Gasteiger partial charge in [0.2, 0.25) is 0 Å². The van der Waals surface area contributed by atoms with E-state index >= 15 is 0 Å². The fraction of sp³-hybridized carbons (Fsp3) is 0.733. The molecule has 120 valence electrons. The Labute approximate surface area is 131 Å². The Balaban J connectivity index is 2.27. The van der Waals surface area contributed by atoms with Crippen LogP contribution in [-0.4, -0.2) is 28.3 Å². The number of carbonyl (C=O) groups excluding carboxylic acids is 1. The highest BCUT2D eigenvalue weighted by Crippen LogP contribution is 2.15. The topological polar surface area (TPSA) is 74.2 Å². The molecule has 0 fully saturated rings. The van der Waals surface area contributed by atoms with Gasteiger partial charge in [-0.3, -0.25) is 0 Å². The summed E-state index contributed by atoms with van der Waals surface area (Å²) in [4.78, 5) is 16.1. The minimum absolute atomic E-state index is 0.253. The van der Waals surface area contributed by atoms with Gasteiger partial charge >= 0.3 is 6.03 Å². The number of amides is 2. The molecule has 21 heavy (non-hydrogen) atoms. The Morgan fingerprint density at radius 1 is 1.48 bits per heavy atom. The SMILES string of the molecule is CCc1nc(CNC(=O)NCC(C)(O)CCC(C)C)cs1. The quantitative estimate of drug-likeness (QED) is 0.691. The van der Waals surface area contributed by atoms with E-state index in [4.69, 9.17) is 0 Å². The van der Waals surface area contributed by atoms with Crippen molar-refractivity contribution in [1.29, 1.82) is 0 Å². The molecule has 0 radical (unpaired) electrons. The van der Waals surface area contributed by atoms with Gasteiger partial charge in [0.15, 0.2) is 0 Å². The summed E-state index contributed by atoms with van der Waals surface area (Å²) >= 11 is 1.61. The number of nitrogens with zero attached hydrogens (tertiary/aromatic N) is 1. The number of rotatable bonds is 8. The Morgan fingerprint density at radius 3 is 2.76 bits per heavy atom. The van der Waals surface area contributed by atoms with Crippen molar-refractivity contribution in [2.75, 3.05) is 6.54 Å². The second kappa shape index (κ2) is 8.34. The third-order valence-electron chi connectivity index (χ3n) is 3.22. The van der Waals surface area contributed by atoms with E-state index in [9.17, 15) is 9.90 Å². The Morgan fingerprint density at radius 2 is 2.19 bits per heavy atom. The lowest BCUT2D eigenvalue weighted by Crippen LogP contribution is -2.44. The third-order valence-corrected chi connectivity index (χ3v) is 4.26. The fourth-order valence-electron chi connectivity index (χ4n) is 1.78. The van der Waals surface area contributed by atoms with Crippen LogP contribution < -0.4 is 10.6 Å². The van der Waals surface area contributed by atoms with Crippen LogP contribution in [0, 0.1) is 5.92 Å². The predicted molar refractivity (Wildman–Crippen MR) is 86.4 cm³/mol. The van der Waals surface area contributed by atoms with Crippen LogP contribution in [0.3, 0.4) is 0 Å². The van der Waals surface area contributed by atoms with Gasteiger partial charge in [-0.25, -0.2) is 9.78 Å². The zero-order valence-electron chi connectivity index (χ0n) is 13.4. The van der Waals surface area contributed by atoms with Gasteiger partial charge in [-0.05, 0) is 32.1 Å². The molecule has 1 heterocycles. The molecule has 0 saturated carbocycles. The standard InChI is InChI=1S/C15H27N3O2S/c1-5-13-18-12(9-21-13)8-16-14(19)17-10-15(4,20)7-6-11(2)3/h9,11,20H,5-8,10H2,1-4H3,(H2,16,17,19). The highest BCUT2D eigenvalue weighted by molar-refractivity contribution is 7.09. The molecule has 1 rings (SSSR count). The maximum atomic E-state index is 11.7. The molecule has 0 saturated heterocycles. The molecule has 5 nitrogen and oxygen atoms in total. The molecule has 1 aromatic heterocycles. The van der Waals surface area contributed by atoms with E-state index in [0.717, 1.165) is 23.5 Å². The average Bonchev–Trinajstić information content (AvgIpc) is 2.89. The summed E-state index contributed by atoms with van der Waals surface area (Å²) in [7, 11) is 0. The first-order chi connectivity index (χ1) is 9.82. The first-order valence-electron chi connectivity index (χ1n) is 7.49. The summed E-state index contributed by atoms with van der Waals surface area (Å²) in [5, 5.41) is 18.7. The number of thiazole rings is 1. The van der Waals surface area contributed by atoms with E-state index in [1.54, 1.807) is 18.3 Å². The average molecular weight is 313 g/mol. The van der Waals surface area contributed by atoms with E-state index in [0.29, 0.717) is 18.9 Å². The van der Waals surface area contributed by atoms with Crippen LogP contribution in [0.15, 0.2) is 5.38 Å². The van der Waals surface area contributed by atoms with Crippen LogP contribution in [0.4, 0.5) is 4.79 Å². The lowest BCUT2D eigenvalue weighted by molar-refractivity contribution is 0.0476. The molecular formula is C15H27N3O2S. The van der Waals surface area contributed by atoms with Crippen molar-refractivity contribution in [3.63, 3.8) is 0 Å². The summed E-state index contributed by atoms with van der Waals surface area (Å²) in [6.07, 6.45) is 2.53. The molecule has 1 atom stereocenters. The second-order valence-corrected chi connectivity index (χ2v) is 6.99. The van der Waals surface area contributed by atoms with Gasteiger partial charge in [0.25, 0.3) is 0 Å². The lowest BCUT2D eigenvalue weighted by atomic mass is 9.95. The van der Waals surface area contributed by atoms with Crippen molar-refractivity contribution >= 4 is 17.4 Å². The highest BCUT2D eigenvalue weighted by atomic mass is 32.1. The lowest BCUT2D eigenvalue weighted by Gasteiger charge is -2.24. The van der Waals surface area contributed by atoms with Crippen LogP contribution in [-0.2, 0) is 13.0 Å². The maximum Gasteiger partial charge on any atom is 0.315 e. The van der Waals surface area contributed by atoms with Crippen molar-refractivity contribution in [1.82, 2.24) is 15.6 Å². The number of urea groups is 1. The Kier molecular flexibility index (Phi) is 7.11. The van der Waals surface area contributed by atoms with Crippen LogP contribution in [0.1, 0.15) is 51.2 Å². The first kappa shape index (κ1) is 17.9. The molecule has 1 unspecified atom stereocenters. The molecule has 0 spiro atoms. The number of aliphatic hydroxyl groups is 1. The molecule has 0 aliphatic carbocycles. The maximum absolute atomic E-state index is 11.7. The molecule has 3 N–H and O–H groups in total. The molecule has 0 bridgehead atoms. The monoisotopic (exact) mass is 313 g/mol. The van der Waals surface area contributed by atoms with Crippen molar-refractivity contribution < 1.29 is 9.90 Å². The van der Waals surface area contributed by atoms with Gasteiger partial charge in [0.1, 0.15) is 0 Å². The van der Waals surface area contributed by atoms with Gasteiger partial charge in [-0.2, -0.15) is 0 Å². The molecule has 1 aromatic rings. The zero-order valence-corrected chi connectivity index (χ0v) is 14.2. The van der Waals surface area contributed by atoms with Crippen molar-refractivity contribution in [3.05, 3.63) is 16.1 Å². The smallest absolute Gasteiger partial charge is 0.315 e. The molecule has 0 aliphatic rings. The van der Waals surface area contributed by atoms with E-state index < -0.39 is 5.60 Å². The summed E-state index contributed by atoms with van der Waals surface area (Å²) in [6, 6.07) is -0.272. The zero-order chi connectivity index (χ0) is 15.9. The number of carbonyl (C=O) groups is 1. The van der Waals surface area contributed by atoms with Gasteiger partial charge in [-0.1, -0.05) is 20.8 Å². The molecule has 0 aromatic carbocycles. The normalized spacial score (nSPS) is 14.0. The molecule has 6 heteroatoms. The molecule has 0 aliphatic heterocycles. The number of hydrogen-bond acceptors (Lipinski definition) is 4. The minimum Gasteiger partial charge on any atom is -0.388 e. The number of aromatic nitrogens is 1. The Hall–Kier alpha value is -1.14. The highest BCUT2D eigenvalue weighted by Gasteiger charge is 2.21. The third kappa shape index (κ3) is 7.43. The Bertz CT molecular complexity index is 444. The number of hydrogen-bond donors (Lipinski definition) is 3. The van der Waals surface area contributed by atoms with E-state index in [1.807, 2.05) is 5.38 Å². The van der Waals surface area contributed by atoms with Gasteiger partial charge < -0.3 is 15.7 Å². The van der Waals surface area contributed by atoms with Crippen LogP contribution in [0.2, 0.25) is 0 Å². The van der Waals surface area contributed by atoms with Crippen molar-refractivity contribution in [2.45, 2.75) is 59.1 Å². The first-order valence-corrected chi connectivity index (χ1v) is 8.37. The van der Waals surface area contributed by atoms with Crippen LogP contribution in [0.25, 0.3) is 0 Å². The summed E-state index contributed by atoms with van der Waals surface area (Å²) in [5.74, 6) is 0.544. The van der Waals surface area contributed by atoms with E-state index in [-0.39, 0.29) is 12.6 Å².